The topological polar surface area (TPSA) is 91.3 Å². The number of carbonyl (C=O) groups excluding carboxylic acids is 2. The summed E-state index contributed by atoms with van der Waals surface area (Å²) >= 11 is 0. The molecule has 1 aromatic carbocycles. The van der Waals surface area contributed by atoms with Gasteiger partial charge >= 0.3 is 18.3 Å². The average Bonchev–Trinajstić information content (AvgIpc) is 2.55. The van der Waals surface area contributed by atoms with E-state index >= 15 is 0 Å². The summed E-state index contributed by atoms with van der Waals surface area (Å²) in [5.41, 5.74) is 0.141. The molecule has 0 spiro atoms. The fraction of sp³-hybridized carbons (Fsp3) is 0.375. The number of halogens is 3. The normalized spacial score (nSPS) is 12.0. The third-order valence-corrected chi connectivity index (χ3v) is 2.61. The average molecular weight is 378 g/mol. The first-order valence-corrected chi connectivity index (χ1v) is 7.22. The molecule has 7 nitrogen and oxygen atoms in total. The molecule has 144 valence electrons. The molecule has 0 radical (unpaired) electrons. The summed E-state index contributed by atoms with van der Waals surface area (Å²) in [5, 5.41) is 9.52. The Morgan fingerprint density at radius 3 is 2.31 bits per heavy atom. The zero-order valence-corrected chi connectivity index (χ0v) is 13.7. The summed E-state index contributed by atoms with van der Waals surface area (Å²) in [7, 11) is 0. The Morgan fingerprint density at radius 1 is 1.15 bits per heavy atom. The third kappa shape index (κ3) is 8.38. The van der Waals surface area contributed by atoms with E-state index in [4.69, 9.17) is 4.74 Å². The highest BCUT2D eigenvalue weighted by Gasteiger charge is 2.32. The number of aliphatic hydroxyl groups is 1. The number of hydrogen-bond acceptors (Lipinski definition) is 7. The highest BCUT2D eigenvalue weighted by atomic mass is 19.4. The Bertz CT molecular complexity index is 643. The second-order valence-corrected chi connectivity index (χ2v) is 5.00. The van der Waals surface area contributed by atoms with Gasteiger partial charge in [-0.25, -0.2) is 9.59 Å². The lowest BCUT2D eigenvalue weighted by atomic mass is 10.3. The van der Waals surface area contributed by atoms with Crippen molar-refractivity contribution < 1.29 is 46.8 Å². The molecule has 0 heterocycles. The molecule has 0 aromatic heterocycles. The van der Waals surface area contributed by atoms with Crippen molar-refractivity contribution in [3.8, 4) is 11.5 Å². The Labute approximate surface area is 146 Å². The van der Waals surface area contributed by atoms with Gasteiger partial charge in [0.25, 0.3) is 0 Å². The SMILES string of the molecule is C=C(C)C(=O)OCC(O)COC(=O)COc1ccccc1OC(F)(F)F. The lowest BCUT2D eigenvalue weighted by Crippen LogP contribution is -2.27. The van der Waals surface area contributed by atoms with Gasteiger partial charge < -0.3 is 24.1 Å². The van der Waals surface area contributed by atoms with Gasteiger partial charge in [0.05, 0.1) is 0 Å². The van der Waals surface area contributed by atoms with Crippen LogP contribution in [0.1, 0.15) is 6.92 Å². The van der Waals surface area contributed by atoms with E-state index in [1.54, 1.807) is 0 Å². The van der Waals surface area contributed by atoms with Gasteiger partial charge in [-0.2, -0.15) is 0 Å². The van der Waals surface area contributed by atoms with Crippen LogP contribution in [0.2, 0.25) is 0 Å². The first-order valence-electron chi connectivity index (χ1n) is 7.22. The summed E-state index contributed by atoms with van der Waals surface area (Å²) in [4.78, 5) is 22.6. The van der Waals surface area contributed by atoms with Crippen LogP contribution in [-0.2, 0) is 19.1 Å². The van der Waals surface area contributed by atoms with Crippen LogP contribution in [0.5, 0.6) is 11.5 Å². The number of carbonyl (C=O) groups is 2. The molecule has 0 amide bonds. The molecule has 0 saturated heterocycles. The van der Waals surface area contributed by atoms with Crippen molar-refractivity contribution in [1.82, 2.24) is 0 Å². The number of rotatable bonds is 9. The van der Waals surface area contributed by atoms with Crippen LogP contribution in [-0.4, -0.2) is 49.3 Å². The van der Waals surface area contributed by atoms with Crippen molar-refractivity contribution >= 4 is 11.9 Å². The third-order valence-electron chi connectivity index (χ3n) is 2.61. The van der Waals surface area contributed by atoms with Gasteiger partial charge in [0.15, 0.2) is 18.1 Å². The molecule has 0 bridgehead atoms. The van der Waals surface area contributed by atoms with Gasteiger partial charge in [0.1, 0.15) is 19.3 Å². The predicted octanol–water partition coefficient (Wildman–Crippen LogP) is 1.99. The highest BCUT2D eigenvalue weighted by Crippen LogP contribution is 2.31. The quantitative estimate of drug-likeness (QED) is 0.519. The van der Waals surface area contributed by atoms with E-state index in [0.717, 1.165) is 6.07 Å². The number of aliphatic hydroxyl groups excluding tert-OH is 1. The van der Waals surface area contributed by atoms with Crippen LogP contribution in [0.15, 0.2) is 36.4 Å². The largest absolute Gasteiger partial charge is 0.573 e. The van der Waals surface area contributed by atoms with Crippen molar-refractivity contribution in [1.29, 1.82) is 0 Å². The van der Waals surface area contributed by atoms with Crippen molar-refractivity contribution in [2.24, 2.45) is 0 Å². The molecular weight excluding hydrogens is 361 g/mol. The van der Waals surface area contributed by atoms with Crippen LogP contribution in [0.25, 0.3) is 0 Å². The smallest absolute Gasteiger partial charge is 0.478 e. The fourth-order valence-electron chi connectivity index (χ4n) is 1.49. The summed E-state index contributed by atoms with van der Waals surface area (Å²) in [6.45, 7) is 3.15. The van der Waals surface area contributed by atoms with Crippen LogP contribution in [0, 0.1) is 0 Å². The zero-order chi connectivity index (χ0) is 19.7. The van der Waals surface area contributed by atoms with E-state index in [0.29, 0.717) is 0 Å². The number of esters is 2. The molecule has 1 aromatic rings. The van der Waals surface area contributed by atoms with Crippen molar-refractivity contribution in [3.63, 3.8) is 0 Å². The van der Waals surface area contributed by atoms with E-state index in [2.05, 4.69) is 20.8 Å². The molecular formula is C16H17F3O7. The summed E-state index contributed by atoms with van der Waals surface area (Å²) < 4.78 is 54.8. The standard InChI is InChI=1S/C16H17F3O7/c1-10(2)15(22)25-8-11(20)7-24-14(21)9-23-12-5-3-4-6-13(12)26-16(17,18)19/h3-6,11,20H,1,7-9H2,2H3. The molecule has 0 saturated carbocycles. The molecule has 0 aliphatic heterocycles. The molecule has 1 atom stereocenters. The van der Waals surface area contributed by atoms with Crippen LogP contribution in [0.3, 0.4) is 0 Å². The number of benzene rings is 1. The van der Waals surface area contributed by atoms with Gasteiger partial charge in [-0.05, 0) is 19.1 Å². The lowest BCUT2D eigenvalue weighted by molar-refractivity contribution is -0.275. The van der Waals surface area contributed by atoms with Crippen LogP contribution in [0.4, 0.5) is 13.2 Å². The molecule has 10 heteroatoms. The van der Waals surface area contributed by atoms with E-state index in [1.807, 2.05) is 0 Å². The zero-order valence-electron chi connectivity index (χ0n) is 13.7. The Balaban J connectivity index is 2.41. The van der Waals surface area contributed by atoms with E-state index in [9.17, 15) is 27.9 Å². The Hall–Kier alpha value is -2.75. The monoisotopic (exact) mass is 378 g/mol. The Morgan fingerprint density at radius 2 is 1.73 bits per heavy atom. The second kappa shape index (κ2) is 9.66. The second-order valence-electron chi connectivity index (χ2n) is 5.00. The van der Waals surface area contributed by atoms with Crippen LogP contribution >= 0.6 is 0 Å². The number of ether oxygens (including phenoxy) is 4. The summed E-state index contributed by atoms with van der Waals surface area (Å²) in [6, 6.07) is 4.90. The van der Waals surface area contributed by atoms with Crippen molar-refractivity contribution in [2.75, 3.05) is 19.8 Å². The molecule has 1 N–H and O–H groups in total. The number of alkyl halides is 3. The van der Waals surface area contributed by atoms with Gasteiger partial charge in [0, 0.05) is 5.57 Å². The number of para-hydroxylation sites is 2. The van der Waals surface area contributed by atoms with E-state index < -0.39 is 50.0 Å². The fourth-order valence-corrected chi connectivity index (χ4v) is 1.49. The van der Waals surface area contributed by atoms with Crippen molar-refractivity contribution in [3.05, 3.63) is 36.4 Å². The molecule has 0 fully saturated rings. The first-order chi connectivity index (χ1) is 12.1. The van der Waals surface area contributed by atoms with E-state index in [1.165, 1.54) is 25.1 Å². The molecule has 1 rings (SSSR count). The van der Waals surface area contributed by atoms with Gasteiger partial charge in [-0.3, -0.25) is 0 Å². The molecule has 1 unspecified atom stereocenters. The van der Waals surface area contributed by atoms with Gasteiger partial charge in [-0.1, -0.05) is 18.7 Å². The maximum atomic E-state index is 12.3. The summed E-state index contributed by atoms with van der Waals surface area (Å²) in [5.74, 6) is -2.57. The molecule has 0 aliphatic rings. The first kappa shape index (κ1) is 21.3. The number of hydrogen-bond donors (Lipinski definition) is 1. The van der Waals surface area contributed by atoms with E-state index in [-0.39, 0.29) is 11.3 Å². The highest BCUT2D eigenvalue weighted by molar-refractivity contribution is 5.86. The van der Waals surface area contributed by atoms with Gasteiger partial charge in [0.2, 0.25) is 0 Å². The maximum absolute atomic E-state index is 12.3. The molecule has 26 heavy (non-hydrogen) atoms. The van der Waals surface area contributed by atoms with Crippen LogP contribution < -0.4 is 9.47 Å². The lowest BCUT2D eigenvalue weighted by Gasteiger charge is -2.14. The van der Waals surface area contributed by atoms with Gasteiger partial charge in [-0.15, -0.1) is 13.2 Å². The minimum Gasteiger partial charge on any atom is -0.478 e. The Kier molecular flexibility index (Phi) is 7.91. The minimum absolute atomic E-state index is 0.141. The van der Waals surface area contributed by atoms with Crippen molar-refractivity contribution in [2.45, 2.75) is 19.4 Å². The maximum Gasteiger partial charge on any atom is 0.573 e. The predicted molar refractivity (Wildman–Crippen MR) is 81.4 cm³/mol. The molecule has 0 aliphatic carbocycles. The minimum atomic E-state index is -4.91. The summed E-state index contributed by atoms with van der Waals surface area (Å²) in [6.07, 6.45) is -6.19.